The predicted molar refractivity (Wildman–Crippen MR) is 56.3 cm³/mol. The molecule has 0 aromatic heterocycles. The van der Waals surface area contributed by atoms with Crippen LogP contribution in [0.1, 0.15) is 17.3 Å². The molecule has 90 valence electrons. The molecule has 1 atom stereocenters. The summed E-state index contributed by atoms with van der Waals surface area (Å²) >= 11 is 0. The Balaban J connectivity index is 2.98. The largest absolute Gasteiger partial charge is 0.464 e. The Morgan fingerprint density at radius 2 is 2.12 bits per heavy atom. The molecule has 6 heteroatoms. The van der Waals surface area contributed by atoms with E-state index in [1.54, 1.807) is 6.92 Å². The summed E-state index contributed by atoms with van der Waals surface area (Å²) in [7, 11) is 0. The standard InChI is InChI=1S/C11H11FN2O3/c1-2-17-11(16)9(14-13)10(15)7-5-3-4-6-8(7)12/h3-6,9,13H,2H2,1H3. The molecule has 1 aromatic carbocycles. The van der Waals surface area contributed by atoms with Crippen LogP contribution >= 0.6 is 0 Å². The Bertz CT molecular complexity index is 448. The van der Waals surface area contributed by atoms with Gasteiger partial charge >= 0.3 is 5.97 Å². The fraction of sp³-hybridized carbons (Fsp3) is 0.273. The van der Waals surface area contributed by atoms with E-state index in [0.717, 1.165) is 6.07 Å². The van der Waals surface area contributed by atoms with Gasteiger partial charge in [0.15, 0.2) is 0 Å². The van der Waals surface area contributed by atoms with E-state index in [-0.39, 0.29) is 12.2 Å². The highest BCUT2D eigenvalue weighted by atomic mass is 19.1. The quantitative estimate of drug-likeness (QED) is 0.368. The summed E-state index contributed by atoms with van der Waals surface area (Å²) in [6, 6.07) is 3.58. The van der Waals surface area contributed by atoms with Gasteiger partial charge in [-0.15, -0.1) is 0 Å². The highest BCUT2D eigenvalue weighted by Gasteiger charge is 2.30. The number of hydrogen-bond acceptors (Lipinski definition) is 5. The van der Waals surface area contributed by atoms with Gasteiger partial charge in [0, 0.05) is 0 Å². The van der Waals surface area contributed by atoms with Crippen molar-refractivity contribution in [2.75, 3.05) is 6.61 Å². The van der Waals surface area contributed by atoms with Crippen LogP contribution in [0, 0.1) is 11.3 Å². The molecule has 0 aliphatic rings. The summed E-state index contributed by atoms with van der Waals surface area (Å²) in [4.78, 5) is 23.1. The zero-order valence-corrected chi connectivity index (χ0v) is 9.14. The average molecular weight is 238 g/mol. The van der Waals surface area contributed by atoms with Crippen molar-refractivity contribution in [3.05, 3.63) is 35.6 Å². The maximum absolute atomic E-state index is 13.3. The third kappa shape index (κ3) is 2.93. The van der Waals surface area contributed by atoms with Crippen LogP contribution in [0.15, 0.2) is 29.4 Å². The van der Waals surface area contributed by atoms with E-state index in [0.29, 0.717) is 0 Å². The summed E-state index contributed by atoms with van der Waals surface area (Å²) in [6.07, 6.45) is 0. The molecule has 1 rings (SSSR count). The van der Waals surface area contributed by atoms with E-state index in [1.807, 2.05) is 0 Å². The first-order valence-electron chi connectivity index (χ1n) is 4.93. The molecule has 17 heavy (non-hydrogen) atoms. The molecule has 5 nitrogen and oxygen atoms in total. The van der Waals surface area contributed by atoms with Gasteiger partial charge in [-0.25, -0.2) is 14.7 Å². The molecule has 0 saturated carbocycles. The van der Waals surface area contributed by atoms with Gasteiger partial charge in [-0.3, -0.25) is 4.79 Å². The first-order chi connectivity index (χ1) is 8.11. The fourth-order valence-electron chi connectivity index (χ4n) is 1.25. The summed E-state index contributed by atoms with van der Waals surface area (Å²) in [5.41, 5.74) is 6.52. The van der Waals surface area contributed by atoms with Gasteiger partial charge in [0.05, 0.1) is 12.2 Å². The number of nitrogens with one attached hydrogen (secondary N) is 1. The Hall–Kier alpha value is -2.11. The molecule has 0 heterocycles. The van der Waals surface area contributed by atoms with E-state index in [2.05, 4.69) is 9.85 Å². The van der Waals surface area contributed by atoms with Crippen LogP contribution in [0.25, 0.3) is 0 Å². The predicted octanol–water partition coefficient (Wildman–Crippen LogP) is 1.97. The molecular weight excluding hydrogens is 227 g/mol. The zero-order chi connectivity index (χ0) is 12.8. The minimum Gasteiger partial charge on any atom is -0.464 e. The number of hydrogen-bond donors (Lipinski definition) is 1. The minimum absolute atomic E-state index is 0.0649. The monoisotopic (exact) mass is 238 g/mol. The number of Topliss-reactive ketones (excluding diaryl/α,β-unsaturated/α-hetero) is 1. The van der Waals surface area contributed by atoms with Gasteiger partial charge in [0.1, 0.15) is 5.82 Å². The zero-order valence-electron chi connectivity index (χ0n) is 9.14. The number of nitrogens with zero attached hydrogens (tertiary/aromatic N) is 1. The van der Waals surface area contributed by atoms with Gasteiger partial charge in [0.25, 0.3) is 0 Å². The third-order valence-electron chi connectivity index (χ3n) is 2.03. The first kappa shape index (κ1) is 13.0. The van der Waals surface area contributed by atoms with Gasteiger partial charge in [-0.1, -0.05) is 12.1 Å². The smallest absolute Gasteiger partial charge is 0.340 e. The Morgan fingerprint density at radius 1 is 1.47 bits per heavy atom. The molecule has 0 radical (unpaired) electrons. The molecule has 0 aliphatic heterocycles. The lowest BCUT2D eigenvalue weighted by atomic mass is 10.0. The second-order valence-electron chi connectivity index (χ2n) is 3.13. The number of benzene rings is 1. The van der Waals surface area contributed by atoms with Gasteiger partial charge in [-0.2, -0.15) is 5.11 Å². The normalized spacial score (nSPS) is 11.6. The number of rotatable bonds is 5. The molecule has 1 unspecified atom stereocenters. The van der Waals surface area contributed by atoms with Crippen molar-refractivity contribution in [3.8, 4) is 0 Å². The van der Waals surface area contributed by atoms with E-state index in [9.17, 15) is 14.0 Å². The van der Waals surface area contributed by atoms with Crippen molar-refractivity contribution < 1.29 is 18.7 Å². The van der Waals surface area contributed by atoms with E-state index >= 15 is 0 Å². The van der Waals surface area contributed by atoms with Crippen LogP contribution in [-0.4, -0.2) is 24.4 Å². The molecule has 0 fully saturated rings. The second kappa shape index (κ2) is 5.83. The molecule has 0 spiro atoms. The number of ketones is 1. The molecule has 1 N–H and O–H groups in total. The molecule has 0 amide bonds. The lowest BCUT2D eigenvalue weighted by Gasteiger charge is -2.09. The van der Waals surface area contributed by atoms with Crippen LogP contribution in [0.5, 0.6) is 0 Å². The van der Waals surface area contributed by atoms with Crippen molar-refractivity contribution >= 4 is 11.8 Å². The van der Waals surface area contributed by atoms with Gasteiger partial charge in [-0.05, 0) is 19.1 Å². The second-order valence-corrected chi connectivity index (χ2v) is 3.13. The number of halogens is 1. The summed E-state index contributed by atoms with van der Waals surface area (Å²) < 4.78 is 17.9. The van der Waals surface area contributed by atoms with Crippen molar-refractivity contribution in [2.24, 2.45) is 5.11 Å². The van der Waals surface area contributed by atoms with Crippen LogP contribution < -0.4 is 0 Å². The van der Waals surface area contributed by atoms with E-state index in [1.165, 1.54) is 18.2 Å². The van der Waals surface area contributed by atoms with Crippen LogP contribution in [0.2, 0.25) is 0 Å². The highest BCUT2D eigenvalue weighted by molar-refractivity contribution is 6.12. The van der Waals surface area contributed by atoms with Crippen LogP contribution in [0.4, 0.5) is 4.39 Å². The van der Waals surface area contributed by atoms with Gasteiger partial charge in [0.2, 0.25) is 11.8 Å². The average Bonchev–Trinajstić information content (AvgIpc) is 2.30. The van der Waals surface area contributed by atoms with Crippen molar-refractivity contribution in [1.82, 2.24) is 0 Å². The lowest BCUT2D eigenvalue weighted by Crippen LogP contribution is -2.30. The summed E-state index contributed by atoms with van der Waals surface area (Å²) in [6.45, 7) is 1.63. The van der Waals surface area contributed by atoms with Crippen LogP contribution in [0.3, 0.4) is 0 Å². The number of ether oxygens (including phenoxy) is 1. The topological polar surface area (TPSA) is 79.6 Å². The Labute approximate surface area is 97.1 Å². The van der Waals surface area contributed by atoms with Gasteiger partial charge < -0.3 is 4.74 Å². The lowest BCUT2D eigenvalue weighted by molar-refractivity contribution is -0.143. The highest BCUT2D eigenvalue weighted by Crippen LogP contribution is 2.12. The number of carbonyl (C=O) groups is 2. The molecular formula is C11H11FN2O3. The Morgan fingerprint density at radius 3 is 2.65 bits per heavy atom. The SMILES string of the molecule is CCOC(=O)C(N=N)C(=O)c1ccccc1F. The first-order valence-corrected chi connectivity index (χ1v) is 4.93. The summed E-state index contributed by atoms with van der Waals surface area (Å²) in [5.74, 6) is -2.58. The molecule has 0 saturated heterocycles. The minimum atomic E-state index is -1.63. The number of carbonyl (C=O) groups excluding carboxylic acids is 2. The number of esters is 1. The third-order valence-corrected chi connectivity index (χ3v) is 2.03. The van der Waals surface area contributed by atoms with E-state index < -0.39 is 23.6 Å². The van der Waals surface area contributed by atoms with E-state index in [4.69, 9.17) is 5.53 Å². The maximum Gasteiger partial charge on any atom is 0.340 e. The van der Waals surface area contributed by atoms with Crippen molar-refractivity contribution in [1.29, 1.82) is 5.53 Å². The van der Waals surface area contributed by atoms with Crippen molar-refractivity contribution in [2.45, 2.75) is 13.0 Å². The Kier molecular flexibility index (Phi) is 4.45. The van der Waals surface area contributed by atoms with Crippen LogP contribution in [-0.2, 0) is 9.53 Å². The molecule has 0 aliphatic carbocycles. The fourth-order valence-corrected chi connectivity index (χ4v) is 1.25. The maximum atomic E-state index is 13.3. The summed E-state index contributed by atoms with van der Waals surface area (Å²) in [5, 5.41) is 2.88. The van der Waals surface area contributed by atoms with Crippen molar-refractivity contribution in [3.63, 3.8) is 0 Å². The molecule has 0 bridgehead atoms. The molecule has 1 aromatic rings.